The van der Waals surface area contributed by atoms with E-state index < -0.39 is 5.54 Å². The monoisotopic (exact) mass is 421 g/mol. The first kappa shape index (κ1) is 20.9. The van der Waals surface area contributed by atoms with E-state index in [9.17, 15) is 4.79 Å². The SMILES string of the molecule is CC(C)(C(N)=O)N1CCN(Cc2ccc3nc(-c4ccc(N)nc4)nc(N)c3n2)CC1. The molecular formula is C21H27N9O. The van der Waals surface area contributed by atoms with Crippen molar-refractivity contribution in [2.24, 2.45) is 5.73 Å². The summed E-state index contributed by atoms with van der Waals surface area (Å²) in [5.74, 6) is 0.941. The standard InChI is InChI=1S/C21H27N9O/c1-21(2,20(24)31)30-9-7-29(8-10-30)12-14-4-5-15-17(26-14)18(23)28-19(27-15)13-3-6-16(22)25-11-13/h3-6,11H,7-10,12H2,1-2H3,(H2,22,25)(H2,24,31)(H2,23,27,28). The van der Waals surface area contributed by atoms with Crippen LogP contribution in [0.2, 0.25) is 0 Å². The van der Waals surface area contributed by atoms with E-state index in [4.69, 9.17) is 22.2 Å². The fourth-order valence-electron chi connectivity index (χ4n) is 3.68. The molecule has 0 saturated carbocycles. The van der Waals surface area contributed by atoms with Gasteiger partial charge in [-0.3, -0.25) is 14.6 Å². The Kier molecular flexibility index (Phi) is 5.42. The van der Waals surface area contributed by atoms with Crippen molar-refractivity contribution in [1.82, 2.24) is 29.7 Å². The number of rotatable bonds is 5. The van der Waals surface area contributed by atoms with Crippen LogP contribution in [-0.4, -0.2) is 67.4 Å². The molecule has 3 aromatic rings. The first-order chi connectivity index (χ1) is 14.7. The molecule has 1 aliphatic heterocycles. The van der Waals surface area contributed by atoms with Gasteiger partial charge in [-0.1, -0.05) is 0 Å². The van der Waals surface area contributed by atoms with Crippen molar-refractivity contribution in [3.63, 3.8) is 0 Å². The van der Waals surface area contributed by atoms with E-state index in [1.165, 1.54) is 0 Å². The van der Waals surface area contributed by atoms with E-state index in [2.05, 4.69) is 24.8 Å². The Morgan fingerprint density at radius 1 is 1.03 bits per heavy atom. The lowest BCUT2D eigenvalue weighted by atomic mass is 10.0. The maximum Gasteiger partial charge on any atom is 0.237 e. The fraction of sp³-hybridized carbons (Fsp3) is 0.381. The number of hydrogen-bond donors (Lipinski definition) is 3. The molecule has 1 fully saturated rings. The molecule has 0 unspecified atom stereocenters. The van der Waals surface area contributed by atoms with Gasteiger partial charge in [-0.05, 0) is 38.1 Å². The molecule has 4 heterocycles. The number of aromatic nitrogens is 4. The quantitative estimate of drug-likeness (QED) is 0.538. The topological polar surface area (TPSA) is 153 Å². The van der Waals surface area contributed by atoms with Gasteiger partial charge < -0.3 is 17.2 Å². The minimum absolute atomic E-state index is 0.304. The van der Waals surface area contributed by atoms with E-state index >= 15 is 0 Å². The number of carbonyl (C=O) groups is 1. The fourth-order valence-corrected chi connectivity index (χ4v) is 3.68. The highest BCUT2D eigenvalue weighted by Gasteiger charge is 2.34. The number of nitrogens with zero attached hydrogens (tertiary/aromatic N) is 6. The van der Waals surface area contributed by atoms with Gasteiger partial charge in [0.05, 0.1) is 16.7 Å². The second-order valence-corrected chi connectivity index (χ2v) is 8.26. The summed E-state index contributed by atoms with van der Waals surface area (Å²) in [6.45, 7) is 7.61. The number of nitrogen functional groups attached to an aromatic ring is 2. The lowest BCUT2D eigenvalue weighted by molar-refractivity contribution is -0.129. The highest BCUT2D eigenvalue weighted by Crippen LogP contribution is 2.23. The summed E-state index contributed by atoms with van der Waals surface area (Å²) in [6, 6.07) is 7.38. The molecule has 3 aromatic heterocycles. The van der Waals surface area contributed by atoms with Gasteiger partial charge in [0.15, 0.2) is 11.6 Å². The van der Waals surface area contributed by atoms with Crippen LogP contribution in [0.5, 0.6) is 0 Å². The average Bonchev–Trinajstić information content (AvgIpc) is 2.75. The molecule has 0 aromatic carbocycles. The van der Waals surface area contributed by atoms with Crippen molar-refractivity contribution in [2.45, 2.75) is 25.9 Å². The second kappa shape index (κ2) is 8.05. The molecule has 31 heavy (non-hydrogen) atoms. The lowest BCUT2D eigenvalue weighted by Crippen LogP contribution is -2.59. The van der Waals surface area contributed by atoms with Crippen LogP contribution >= 0.6 is 0 Å². The molecule has 4 rings (SSSR count). The maximum absolute atomic E-state index is 11.7. The normalized spacial score (nSPS) is 15.9. The number of pyridine rings is 2. The number of piperazine rings is 1. The van der Waals surface area contributed by atoms with Gasteiger partial charge in [0.1, 0.15) is 11.3 Å². The Labute approximate surface area is 180 Å². The summed E-state index contributed by atoms with van der Waals surface area (Å²) in [5.41, 5.74) is 19.6. The zero-order valence-corrected chi connectivity index (χ0v) is 17.7. The highest BCUT2D eigenvalue weighted by molar-refractivity contribution is 5.86. The molecule has 10 nitrogen and oxygen atoms in total. The number of primary amides is 1. The van der Waals surface area contributed by atoms with Crippen LogP contribution in [0.3, 0.4) is 0 Å². The van der Waals surface area contributed by atoms with Crippen LogP contribution in [-0.2, 0) is 11.3 Å². The first-order valence-electron chi connectivity index (χ1n) is 10.2. The average molecular weight is 422 g/mol. The van der Waals surface area contributed by atoms with E-state index in [0.717, 1.165) is 37.4 Å². The summed E-state index contributed by atoms with van der Waals surface area (Å²) >= 11 is 0. The van der Waals surface area contributed by atoms with Crippen LogP contribution in [0.4, 0.5) is 11.6 Å². The zero-order chi connectivity index (χ0) is 22.2. The predicted molar refractivity (Wildman–Crippen MR) is 120 cm³/mol. The van der Waals surface area contributed by atoms with Crippen molar-refractivity contribution in [2.75, 3.05) is 37.6 Å². The minimum atomic E-state index is -0.642. The zero-order valence-electron chi connectivity index (χ0n) is 17.7. The third-order valence-corrected chi connectivity index (χ3v) is 5.82. The smallest absolute Gasteiger partial charge is 0.237 e. The Hall–Kier alpha value is -3.37. The molecule has 1 saturated heterocycles. The third-order valence-electron chi connectivity index (χ3n) is 5.82. The summed E-state index contributed by atoms with van der Waals surface area (Å²) in [6.07, 6.45) is 1.62. The van der Waals surface area contributed by atoms with Crippen LogP contribution in [0.25, 0.3) is 22.4 Å². The molecule has 10 heteroatoms. The molecule has 1 amide bonds. The van der Waals surface area contributed by atoms with E-state index in [-0.39, 0.29) is 5.91 Å². The summed E-state index contributed by atoms with van der Waals surface area (Å²) in [4.78, 5) is 33.9. The van der Waals surface area contributed by atoms with Gasteiger partial charge in [-0.25, -0.2) is 19.9 Å². The lowest BCUT2D eigenvalue weighted by Gasteiger charge is -2.42. The Morgan fingerprint density at radius 2 is 1.77 bits per heavy atom. The number of nitrogens with two attached hydrogens (primary N) is 3. The van der Waals surface area contributed by atoms with Gasteiger partial charge in [0, 0.05) is 44.5 Å². The largest absolute Gasteiger partial charge is 0.384 e. The third kappa shape index (κ3) is 4.25. The number of anilines is 2. The number of carbonyl (C=O) groups excluding carboxylic acids is 1. The van der Waals surface area contributed by atoms with Gasteiger partial charge >= 0.3 is 0 Å². The maximum atomic E-state index is 11.7. The van der Waals surface area contributed by atoms with Crippen molar-refractivity contribution >= 4 is 28.6 Å². The molecule has 0 atom stereocenters. The molecule has 1 aliphatic rings. The van der Waals surface area contributed by atoms with Crippen LogP contribution < -0.4 is 17.2 Å². The Morgan fingerprint density at radius 3 is 2.42 bits per heavy atom. The summed E-state index contributed by atoms with van der Waals surface area (Å²) in [7, 11) is 0. The predicted octanol–water partition coefficient (Wildman–Crippen LogP) is 0.633. The molecule has 0 radical (unpaired) electrons. The molecular weight excluding hydrogens is 394 g/mol. The summed E-state index contributed by atoms with van der Waals surface area (Å²) in [5, 5.41) is 0. The van der Waals surface area contributed by atoms with Crippen LogP contribution in [0.15, 0.2) is 30.5 Å². The van der Waals surface area contributed by atoms with Crippen molar-refractivity contribution in [1.29, 1.82) is 0 Å². The Balaban J connectivity index is 1.49. The van der Waals surface area contributed by atoms with Crippen molar-refractivity contribution < 1.29 is 4.79 Å². The molecule has 0 bridgehead atoms. The Bertz CT molecular complexity index is 1110. The van der Waals surface area contributed by atoms with E-state index in [1.807, 2.05) is 32.0 Å². The molecule has 162 valence electrons. The first-order valence-corrected chi connectivity index (χ1v) is 10.2. The molecule has 6 N–H and O–H groups in total. The number of amides is 1. The molecule has 0 aliphatic carbocycles. The number of hydrogen-bond acceptors (Lipinski definition) is 9. The van der Waals surface area contributed by atoms with Gasteiger partial charge in [-0.2, -0.15) is 0 Å². The van der Waals surface area contributed by atoms with Crippen molar-refractivity contribution in [3.05, 3.63) is 36.2 Å². The molecule has 0 spiro atoms. The minimum Gasteiger partial charge on any atom is -0.384 e. The van der Waals surface area contributed by atoms with Crippen LogP contribution in [0.1, 0.15) is 19.5 Å². The van der Waals surface area contributed by atoms with E-state index in [0.29, 0.717) is 35.0 Å². The van der Waals surface area contributed by atoms with Crippen LogP contribution in [0, 0.1) is 0 Å². The highest BCUT2D eigenvalue weighted by atomic mass is 16.1. The second-order valence-electron chi connectivity index (χ2n) is 8.26. The van der Waals surface area contributed by atoms with Gasteiger partial charge in [-0.15, -0.1) is 0 Å². The number of fused-ring (bicyclic) bond motifs is 1. The van der Waals surface area contributed by atoms with Gasteiger partial charge in [0.25, 0.3) is 0 Å². The van der Waals surface area contributed by atoms with Crippen molar-refractivity contribution in [3.8, 4) is 11.4 Å². The van der Waals surface area contributed by atoms with Gasteiger partial charge in [0.2, 0.25) is 5.91 Å². The summed E-state index contributed by atoms with van der Waals surface area (Å²) < 4.78 is 0. The van der Waals surface area contributed by atoms with E-state index in [1.54, 1.807) is 12.3 Å².